The first-order chi connectivity index (χ1) is 9.12. The Hall–Kier alpha value is -1.99. The maximum Gasteiger partial charge on any atom is 0.240 e. The normalized spacial score (nSPS) is 11.2. The van der Waals surface area contributed by atoms with Gasteiger partial charge in [0.15, 0.2) is 0 Å². The van der Waals surface area contributed by atoms with Crippen LogP contribution in [0.25, 0.3) is 0 Å². The summed E-state index contributed by atoms with van der Waals surface area (Å²) in [6.07, 6.45) is 2.95. The van der Waals surface area contributed by atoms with E-state index < -0.39 is 10.0 Å². The summed E-state index contributed by atoms with van der Waals surface area (Å²) in [5.74, 6) is 0. The third-order valence-electron chi connectivity index (χ3n) is 2.54. The van der Waals surface area contributed by atoms with Crippen LogP contribution in [0.3, 0.4) is 0 Å². The Balaban J connectivity index is 2.09. The molecular weight excluding hydrogens is 264 g/mol. The Bertz CT molecular complexity index is 627. The zero-order chi connectivity index (χ0) is 13.7. The molecule has 0 unspecified atom stereocenters. The monoisotopic (exact) mass is 278 g/mol. The van der Waals surface area contributed by atoms with Crippen molar-refractivity contribution in [3.8, 4) is 0 Å². The zero-order valence-corrected chi connectivity index (χ0v) is 11.2. The van der Waals surface area contributed by atoms with Gasteiger partial charge in [-0.3, -0.25) is 0 Å². The van der Waals surface area contributed by atoms with Crippen LogP contribution in [0.4, 0.5) is 5.69 Å². The van der Waals surface area contributed by atoms with Crippen LogP contribution in [0.1, 0.15) is 5.69 Å². The lowest BCUT2D eigenvalue weighted by Gasteiger charge is -2.07. The van der Waals surface area contributed by atoms with Gasteiger partial charge in [0.05, 0.1) is 17.1 Å². The van der Waals surface area contributed by atoms with Crippen LogP contribution >= 0.6 is 0 Å². The SMILES string of the molecule is CNc1ccc(S(=O)(=O)NCc2ccncn2)cc1. The van der Waals surface area contributed by atoms with Crippen molar-refractivity contribution in [3.05, 3.63) is 48.5 Å². The van der Waals surface area contributed by atoms with Crippen molar-refractivity contribution in [2.75, 3.05) is 12.4 Å². The van der Waals surface area contributed by atoms with Crippen LogP contribution in [0, 0.1) is 0 Å². The summed E-state index contributed by atoms with van der Waals surface area (Å²) in [5, 5.41) is 2.93. The maximum atomic E-state index is 12.0. The number of aromatic nitrogens is 2. The number of sulfonamides is 1. The average molecular weight is 278 g/mol. The highest BCUT2D eigenvalue weighted by Gasteiger charge is 2.13. The van der Waals surface area contributed by atoms with Crippen LogP contribution in [-0.4, -0.2) is 25.4 Å². The molecule has 0 fully saturated rings. The molecule has 0 radical (unpaired) electrons. The van der Waals surface area contributed by atoms with Gasteiger partial charge in [0, 0.05) is 18.9 Å². The lowest BCUT2D eigenvalue weighted by Crippen LogP contribution is -2.23. The van der Waals surface area contributed by atoms with Gasteiger partial charge in [-0.1, -0.05) is 0 Å². The van der Waals surface area contributed by atoms with Gasteiger partial charge in [0.1, 0.15) is 6.33 Å². The van der Waals surface area contributed by atoms with E-state index in [4.69, 9.17) is 0 Å². The molecule has 7 heteroatoms. The molecule has 2 aromatic rings. The molecule has 19 heavy (non-hydrogen) atoms. The predicted octanol–water partition coefficient (Wildman–Crippen LogP) is 0.997. The van der Waals surface area contributed by atoms with E-state index in [1.165, 1.54) is 6.33 Å². The van der Waals surface area contributed by atoms with Crippen LogP contribution in [-0.2, 0) is 16.6 Å². The lowest BCUT2D eigenvalue weighted by atomic mass is 10.3. The summed E-state index contributed by atoms with van der Waals surface area (Å²) < 4.78 is 26.6. The molecule has 0 saturated heterocycles. The molecule has 1 heterocycles. The average Bonchev–Trinajstić information content (AvgIpc) is 2.46. The third kappa shape index (κ3) is 3.49. The highest BCUT2D eigenvalue weighted by molar-refractivity contribution is 7.89. The van der Waals surface area contributed by atoms with Gasteiger partial charge in [0.25, 0.3) is 0 Å². The third-order valence-corrected chi connectivity index (χ3v) is 3.96. The lowest BCUT2D eigenvalue weighted by molar-refractivity contribution is 0.580. The molecule has 0 aliphatic heterocycles. The van der Waals surface area contributed by atoms with Gasteiger partial charge >= 0.3 is 0 Å². The topological polar surface area (TPSA) is 84.0 Å². The van der Waals surface area contributed by atoms with E-state index in [0.717, 1.165) is 5.69 Å². The molecule has 1 aromatic carbocycles. The number of benzene rings is 1. The van der Waals surface area contributed by atoms with E-state index in [2.05, 4.69) is 20.0 Å². The second-order valence-corrected chi connectivity index (χ2v) is 5.57. The first-order valence-corrected chi connectivity index (χ1v) is 7.12. The minimum Gasteiger partial charge on any atom is -0.388 e. The van der Waals surface area contributed by atoms with Gasteiger partial charge < -0.3 is 5.32 Å². The highest BCUT2D eigenvalue weighted by atomic mass is 32.2. The zero-order valence-electron chi connectivity index (χ0n) is 10.4. The maximum absolute atomic E-state index is 12.0. The summed E-state index contributed by atoms with van der Waals surface area (Å²) in [6.45, 7) is 0.138. The van der Waals surface area contributed by atoms with Crippen molar-refractivity contribution in [2.24, 2.45) is 0 Å². The van der Waals surface area contributed by atoms with E-state index in [1.807, 2.05) is 0 Å². The van der Waals surface area contributed by atoms with E-state index in [-0.39, 0.29) is 11.4 Å². The number of hydrogen-bond acceptors (Lipinski definition) is 5. The second-order valence-electron chi connectivity index (χ2n) is 3.80. The first-order valence-electron chi connectivity index (χ1n) is 5.64. The molecule has 0 spiro atoms. The predicted molar refractivity (Wildman–Crippen MR) is 72.0 cm³/mol. The Labute approximate surface area is 112 Å². The number of anilines is 1. The summed E-state index contributed by atoms with van der Waals surface area (Å²) in [7, 11) is -1.75. The van der Waals surface area contributed by atoms with Crippen LogP contribution < -0.4 is 10.0 Å². The fraction of sp³-hybridized carbons (Fsp3) is 0.167. The minimum atomic E-state index is -3.52. The van der Waals surface area contributed by atoms with E-state index in [1.54, 1.807) is 43.6 Å². The molecule has 0 amide bonds. The van der Waals surface area contributed by atoms with Crippen molar-refractivity contribution in [2.45, 2.75) is 11.4 Å². The van der Waals surface area contributed by atoms with Crippen molar-refractivity contribution >= 4 is 15.7 Å². The molecule has 2 rings (SSSR count). The smallest absolute Gasteiger partial charge is 0.240 e. The highest BCUT2D eigenvalue weighted by Crippen LogP contribution is 2.13. The molecule has 0 aliphatic carbocycles. The first kappa shape index (κ1) is 13.4. The van der Waals surface area contributed by atoms with Crippen LogP contribution in [0.2, 0.25) is 0 Å². The van der Waals surface area contributed by atoms with Crippen molar-refractivity contribution < 1.29 is 8.42 Å². The molecule has 0 aliphatic rings. The molecule has 1 aromatic heterocycles. The van der Waals surface area contributed by atoms with Gasteiger partial charge in [-0.05, 0) is 30.3 Å². The fourth-order valence-electron chi connectivity index (χ4n) is 1.48. The van der Waals surface area contributed by atoms with Gasteiger partial charge in [0.2, 0.25) is 10.0 Å². The van der Waals surface area contributed by atoms with Gasteiger partial charge in [-0.15, -0.1) is 0 Å². The molecule has 0 saturated carbocycles. The van der Waals surface area contributed by atoms with E-state index in [0.29, 0.717) is 5.69 Å². The molecule has 0 bridgehead atoms. The van der Waals surface area contributed by atoms with Crippen molar-refractivity contribution in [1.82, 2.24) is 14.7 Å². The summed E-state index contributed by atoms with van der Waals surface area (Å²) in [4.78, 5) is 7.95. The fourth-order valence-corrected chi connectivity index (χ4v) is 2.47. The standard InChI is InChI=1S/C12H14N4O2S/c1-13-10-2-4-12(5-3-10)19(17,18)16-8-11-6-7-14-9-15-11/h2-7,9,13,16H,8H2,1H3. The summed E-state index contributed by atoms with van der Waals surface area (Å²) in [5.41, 5.74) is 1.47. The largest absolute Gasteiger partial charge is 0.388 e. The summed E-state index contributed by atoms with van der Waals surface area (Å²) >= 11 is 0. The van der Waals surface area contributed by atoms with Crippen LogP contribution in [0.15, 0.2) is 47.8 Å². The van der Waals surface area contributed by atoms with Gasteiger partial charge in [-0.2, -0.15) is 0 Å². The minimum absolute atomic E-state index is 0.138. The van der Waals surface area contributed by atoms with Crippen molar-refractivity contribution in [3.63, 3.8) is 0 Å². The summed E-state index contributed by atoms with van der Waals surface area (Å²) in [6, 6.07) is 8.17. The Morgan fingerprint density at radius 3 is 2.47 bits per heavy atom. The number of hydrogen-bond donors (Lipinski definition) is 2. The van der Waals surface area contributed by atoms with Gasteiger partial charge in [-0.25, -0.2) is 23.1 Å². The Morgan fingerprint density at radius 2 is 1.89 bits per heavy atom. The quantitative estimate of drug-likeness (QED) is 0.852. The Kier molecular flexibility index (Phi) is 4.08. The van der Waals surface area contributed by atoms with E-state index in [9.17, 15) is 8.42 Å². The number of nitrogens with one attached hydrogen (secondary N) is 2. The van der Waals surface area contributed by atoms with Crippen molar-refractivity contribution in [1.29, 1.82) is 0 Å². The Morgan fingerprint density at radius 1 is 1.16 bits per heavy atom. The molecule has 2 N–H and O–H groups in total. The molecule has 6 nitrogen and oxygen atoms in total. The van der Waals surface area contributed by atoms with E-state index >= 15 is 0 Å². The second kappa shape index (κ2) is 5.77. The number of nitrogens with zero attached hydrogens (tertiary/aromatic N) is 2. The van der Waals surface area contributed by atoms with Crippen LogP contribution in [0.5, 0.6) is 0 Å². The molecule has 0 atom stereocenters. The molecule has 100 valence electrons. The molecular formula is C12H14N4O2S. The number of rotatable bonds is 5.